The summed E-state index contributed by atoms with van der Waals surface area (Å²) in [5, 5.41) is 0. The molecule has 0 aliphatic carbocycles. The molecule has 3 rings (SSSR count). The van der Waals surface area contributed by atoms with Gasteiger partial charge in [-0.15, -0.1) is 0 Å². The van der Waals surface area contributed by atoms with E-state index in [9.17, 15) is 4.79 Å². The minimum Gasteiger partial charge on any atom is -0.489 e. The van der Waals surface area contributed by atoms with E-state index in [0.29, 0.717) is 17.9 Å². The molecule has 3 heteroatoms. The number of hydrogen-bond acceptors (Lipinski definition) is 3. The van der Waals surface area contributed by atoms with Gasteiger partial charge in [-0.1, -0.05) is 6.07 Å². The Morgan fingerprint density at radius 1 is 1.15 bits per heavy atom. The van der Waals surface area contributed by atoms with E-state index < -0.39 is 0 Å². The van der Waals surface area contributed by atoms with Crippen molar-refractivity contribution in [3.05, 3.63) is 23.3 Å². The Labute approximate surface area is 75.3 Å². The van der Waals surface area contributed by atoms with Gasteiger partial charge in [0.25, 0.3) is 0 Å². The number of carbonyl (C=O) groups excluding carboxylic acids is 1. The van der Waals surface area contributed by atoms with Crippen LogP contribution in [0.5, 0.6) is 11.5 Å². The summed E-state index contributed by atoms with van der Waals surface area (Å²) in [4.78, 5) is 11.3. The van der Waals surface area contributed by atoms with E-state index >= 15 is 0 Å². The van der Waals surface area contributed by atoms with Crippen molar-refractivity contribution in [1.82, 2.24) is 0 Å². The monoisotopic (exact) mass is 176 g/mol. The van der Waals surface area contributed by atoms with Crippen LogP contribution in [0.15, 0.2) is 12.1 Å². The zero-order chi connectivity index (χ0) is 8.84. The van der Waals surface area contributed by atoms with Gasteiger partial charge in [0.2, 0.25) is 5.78 Å². The first kappa shape index (κ1) is 6.95. The Kier molecular flexibility index (Phi) is 1.20. The van der Waals surface area contributed by atoms with Crippen LogP contribution in [-0.2, 0) is 6.42 Å². The predicted octanol–water partition coefficient (Wildman–Crippen LogP) is 1.20. The normalized spacial score (nSPS) is 17.7. The lowest BCUT2D eigenvalue weighted by molar-refractivity contribution is 0.0960. The number of benzene rings is 1. The molecule has 2 aliphatic rings. The molecule has 0 saturated heterocycles. The molecule has 0 fully saturated rings. The quantitative estimate of drug-likeness (QED) is 0.595. The van der Waals surface area contributed by atoms with Gasteiger partial charge in [-0.05, 0) is 6.07 Å². The molecule has 66 valence electrons. The molecule has 1 aromatic carbocycles. The maximum absolute atomic E-state index is 11.3. The van der Waals surface area contributed by atoms with Gasteiger partial charge in [0, 0.05) is 12.0 Å². The Morgan fingerprint density at radius 3 is 3.00 bits per heavy atom. The molecule has 0 bridgehead atoms. The van der Waals surface area contributed by atoms with Gasteiger partial charge in [0.15, 0.2) is 18.1 Å². The van der Waals surface area contributed by atoms with Crippen molar-refractivity contribution >= 4 is 5.78 Å². The molecule has 0 spiro atoms. The molecule has 1 aromatic rings. The minimum atomic E-state index is 0.0494. The van der Waals surface area contributed by atoms with Crippen LogP contribution in [0.25, 0.3) is 0 Å². The van der Waals surface area contributed by atoms with Gasteiger partial charge in [0.1, 0.15) is 0 Å². The van der Waals surface area contributed by atoms with E-state index in [1.165, 1.54) is 0 Å². The molecule has 0 radical (unpaired) electrons. The third-order valence-corrected chi connectivity index (χ3v) is 2.46. The lowest BCUT2D eigenvalue weighted by atomic mass is 10.1. The van der Waals surface area contributed by atoms with Crippen molar-refractivity contribution in [3.8, 4) is 11.5 Å². The highest BCUT2D eigenvalue weighted by Crippen LogP contribution is 2.41. The van der Waals surface area contributed by atoms with Crippen LogP contribution in [-0.4, -0.2) is 19.0 Å². The Morgan fingerprint density at radius 2 is 2.08 bits per heavy atom. The van der Waals surface area contributed by atoms with Gasteiger partial charge >= 0.3 is 0 Å². The summed E-state index contributed by atoms with van der Waals surface area (Å²) in [6.07, 6.45) is 0.917. The molecule has 0 aromatic heterocycles. The van der Waals surface area contributed by atoms with Gasteiger partial charge in [-0.2, -0.15) is 0 Å². The molecule has 0 amide bonds. The smallest absolute Gasteiger partial charge is 0.204 e. The van der Waals surface area contributed by atoms with E-state index in [1.807, 2.05) is 12.1 Å². The van der Waals surface area contributed by atoms with Crippen molar-refractivity contribution in [1.29, 1.82) is 0 Å². The number of rotatable bonds is 0. The van der Waals surface area contributed by atoms with E-state index in [2.05, 4.69) is 0 Å². The molecule has 0 N–H and O–H groups in total. The lowest BCUT2D eigenvalue weighted by Gasteiger charge is -2.03. The number of carbonyl (C=O) groups is 1. The van der Waals surface area contributed by atoms with E-state index in [0.717, 1.165) is 17.7 Å². The fourth-order valence-corrected chi connectivity index (χ4v) is 1.80. The summed E-state index contributed by atoms with van der Waals surface area (Å²) in [6.45, 7) is 0.860. The van der Waals surface area contributed by atoms with Crippen LogP contribution < -0.4 is 9.47 Å². The highest BCUT2D eigenvalue weighted by molar-refractivity contribution is 6.03. The summed E-state index contributed by atoms with van der Waals surface area (Å²) in [5.41, 5.74) is 1.81. The molecular formula is C10H8O3. The average molecular weight is 176 g/mol. The summed E-state index contributed by atoms with van der Waals surface area (Å²) >= 11 is 0. The van der Waals surface area contributed by atoms with E-state index in [1.54, 1.807) is 0 Å². The number of fused-ring (bicyclic) bond motifs is 3. The van der Waals surface area contributed by atoms with Crippen LogP contribution >= 0.6 is 0 Å². The molecule has 0 unspecified atom stereocenters. The zero-order valence-electron chi connectivity index (χ0n) is 7.00. The molecule has 0 saturated carbocycles. The predicted molar refractivity (Wildman–Crippen MR) is 45.5 cm³/mol. The third-order valence-electron chi connectivity index (χ3n) is 2.46. The first-order chi connectivity index (χ1) is 6.36. The van der Waals surface area contributed by atoms with Gasteiger partial charge < -0.3 is 9.47 Å². The topological polar surface area (TPSA) is 35.5 Å². The molecule has 3 nitrogen and oxygen atoms in total. The second-order valence-electron chi connectivity index (χ2n) is 3.24. The van der Waals surface area contributed by atoms with E-state index in [-0.39, 0.29) is 12.4 Å². The zero-order valence-corrected chi connectivity index (χ0v) is 7.00. The number of ether oxygens (including phenoxy) is 2. The second kappa shape index (κ2) is 2.25. The van der Waals surface area contributed by atoms with Gasteiger partial charge in [-0.25, -0.2) is 0 Å². The Balaban J connectivity index is 2.26. The van der Waals surface area contributed by atoms with E-state index in [4.69, 9.17) is 9.47 Å². The number of Topliss-reactive ketones (excluding diaryl/α,β-unsaturated/α-hetero) is 1. The maximum Gasteiger partial charge on any atom is 0.204 e. The van der Waals surface area contributed by atoms with Crippen molar-refractivity contribution in [3.63, 3.8) is 0 Å². The van der Waals surface area contributed by atoms with Crippen molar-refractivity contribution in [2.45, 2.75) is 6.42 Å². The molecule has 13 heavy (non-hydrogen) atoms. The standard InChI is InChI=1S/C10H8O3/c11-8-5-13-10-7(8)2-1-6-3-4-12-9(6)10/h1-2H,3-5H2. The Hall–Kier alpha value is -1.51. The van der Waals surface area contributed by atoms with Crippen LogP contribution in [0.3, 0.4) is 0 Å². The minimum absolute atomic E-state index is 0.0494. The largest absolute Gasteiger partial charge is 0.489 e. The van der Waals surface area contributed by atoms with Crippen molar-refractivity contribution in [2.24, 2.45) is 0 Å². The molecular weight excluding hydrogens is 168 g/mol. The van der Waals surface area contributed by atoms with Crippen molar-refractivity contribution < 1.29 is 14.3 Å². The second-order valence-corrected chi connectivity index (χ2v) is 3.24. The highest BCUT2D eigenvalue weighted by atomic mass is 16.5. The molecule has 2 aliphatic heterocycles. The fourth-order valence-electron chi connectivity index (χ4n) is 1.80. The summed E-state index contributed by atoms with van der Waals surface area (Å²) in [7, 11) is 0. The summed E-state index contributed by atoms with van der Waals surface area (Å²) in [5.74, 6) is 1.48. The summed E-state index contributed by atoms with van der Waals surface area (Å²) < 4.78 is 10.7. The van der Waals surface area contributed by atoms with Crippen LogP contribution in [0.4, 0.5) is 0 Å². The Bertz CT molecular complexity index is 395. The number of ketones is 1. The third kappa shape index (κ3) is 0.813. The maximum atomic E-state index is 11.3. The first-order valence-electron chi connectivity index (χ1n) is 4.31. The van der Waals surface area contributed by atoms with Gasteiger partial charge in [0.05, 0.1) is 12.2 Å². The number of hydrogen-bond donors (Lipinski definition) is 0. The fraction of sp³-hybridized carbons (Fsp3) is 0.300. The van der Waals surface area contributed by atoms with Crippen LogP contribution in [0.1, 0.15) is 15.9 Å². The molecule has 2 heterocycles. The first-order valence-corrected chi connectivity index (χ1v) is 4.31. The van der Waals surface area contributed by atoms with Gasteiger partial charge in [-0.3, -0.25) is 4.79 Å². The van der Waals surface area contributed by atoms with Crippen LogP contribution in [0.2, 0.25) is 0 Å². The lowest BCUT2D eigenvalue weighted by Crippen LogP contribution is -1.98. The highest BCUT2D eigenvalue weighted by Gasteiger charge is 2.28. The average Bonchev–Trinajstić information content (AvgIpc) is 2.70. The molecule has 0 atom stereocenters. The summed E-state index contributed by atoms with van der Waals surface area (Å²) in [6, 6.07) is 3.78. The SMILES string of the molecule is O=C1COc2c1ccc1c2OCC1. The van der Waals surface area contributed by atoms with Crippen molar-refractivity contribution in [2.75, 3.05) is 13.2 Å². The van der Waals surface area contributed by atoms with Crippen LogP contribution in [0, 0.1) is 0 Å².